The molecule has 5 aliphatic rings. The van der Waals surface area contributed by atoms with Crippen LogP contribution in [-0.2, 0) is 9.53 Å². The summed E-state index contributed by atoms with van der Waals surface area (Å²) in [7, 11) is 1.87. The molecule has 0 aromatic heterocycles. The Hall–Kier alpha value is -1.14. The van der Waals surface area contributed by atoms with Gasteiger partial charge < -0.3 is 20.0 Å². The molecule has 2 N–H and O–H groups in total. The number of oxime groups is 1. The largest absolute Gasteiger partial charge is 0.411 e. The molecule has 35 heavy (non-hydrogen) atoms. The molecule has 0 bridgehead atoms. The fourth-order valence-electron chi connectivity index (χ4n) is 9.93. The second-order valence-electron chi connectivity index (χ2n) is 13.3. The molecule has 1 heterocycles. The van der Waals surface area contributed by atoms with E-state index in [1.165, 1.54) is 0 Å². The summed E-state index contributed by atoms with van der Waals surface area (Å²) in [6.45, 7) is 8.99. The molecule has 5 rings (SSSR count). The highest BCUT2D eigenvalue weighted by molar-refractivity contribution is 5.91. The number of aliphatic hydroxyl groups excluding tert-OH is 1. The van der Waals surface area contributed by atoms with Gasteiger partial charge in [-0.1, -0.05) is 25.9 Å². The van der Waals surface area contributed by atoms with Gasteiger partial charge in [0, 0.05) is 32.0 Å². The smallest absolute Gasteiger partial charge is 0.222 e. The minimum atomic E-state index is -0.193. The summed E-state index contributed by atoms with van der Waals surface area (Å²) in [5.74, 6) is 2.99. The summed E-state index contributed by atoms with van der Waals surface area (Å²) in [4.78, 5) is 14.8. The average Bonchev–Trinajstić information content (AvgIpc) is 3.50. The zero-order chi connectivity index (χ0) is 25.0. The molecule has 4 saturated carbocycles. The standard InChI is InChI=1S/C29H48N2O4/c1-18(7-10-26(33)31-13-5-6-14-31)21-8-9-22-27-23(17-25(30-34)29(21,22)3)28(2)12-11-20(32)15-19(28)16-24(27)35-4/h18-24,27,32,34H,5-17H2,1-4H3/b30-25+/t18-,19+,20-,21-,22+,23+,24-,27+,28+,29-/m1/s1. The van der Waals surface area contributed by atoms with Crippen molar-refractivity contribution in [3.05, 3.63) is 0 Å². The first-order valence-electron chi connectivity index (χ1n) is 14.4. The molecule has 5 fully saturated rings. The van der Waals surface area contributed by atoms with Crippen molar-refractivity contribution < 1.29 is 19.8 Å². The molecule has 10 atom stereocenters. The van der Waals surface area contributed by atoms with Crippen LogP contribution in [0, 0.1) is 46.3 Å². The summed E-state index contributed by atoms with van der Waals surface area (Å²) in [6.07, 6.45) is 10.8. The molecule has 0 aromatic rings. The Morgan fingerprint density at radius 2 is 1.91 bits per heavy atom. The van der Waals surface area contributed by atoms with Crippen molar-refractivity contribution in [3.8, 4) is 0 Å². The van der Waals surface area contributed by atoms with Gasteiger partial charge in [0.25, 0.3) is 0 Å². The van der Waals surface area contributed by atoms with Crippen molar-refractivity contribution in [2.75, 3.05) is 20.2 Å². The third kappa shape index (κ3) is 4.05. The van der Waals surface area contributed by atoms with Crippen molar-refractivity contribution in [1.29, 1.82) is 0 Å². The molecule has 0 spiro atoms. The number of aliphatic hydroxyl groups is 1. The van der Waals surface area contributed by atoms with E-state index in [0.29, 0.717) is 47.8 Å². The molecule has 4 aliphatic carbocycles. The van der Waals surface area contributed by atoms with Crippen LogP contribution in [0.3, 0.4) is 0 Å². The Labute approximate surface area is 211 Å². The van der Waals surface area contributed by atoms with Gasteiger partial charge in [-0.3, -0.25) is 4.79 Å². The van der Waals surface area contributed by atoms with Crippen LogP contribution in [-0.4, -0.2) is 59.2 Å². The highest BCUT2D eigenvalue weighted by Crippen LogP contribution is 2.67. The van der Waals surface area contributed by atoms with Gasteiger partial charge in [0.2, 0.25) is 5.91 Å². The predicted molar refractivity (Wildman–Crippen MR) is 136 cm³/mol. The van der Waals surface area contributed by atoms with Crippen LogP contribution in [0.15, 0.2) is 5.16 Å². The van der Waals surface area contributed by atoms with Crippen LogP contribution < -0.4 is 0 Å². The van der Waals surface area contributed by atoms with Gasteiger partial charge in [0.15, 0.2) is 0 Å². The van der Waals surface area contributed by atoms with Gasteiger partial charge in [0.1, 0.15) is 0 Å². The quantitative estimate of drug-likeness (QED) is 0.416. The Kier molecular flexibility index (Phi) is 7.02. The number of rotatable bonds is 5. The van der Waals surface area contributed by atoms with E-state index >= 15 is 0 Å². The van der Waals surface area contributed by atoms with E-state index in [0.717, 1.165) is 83.0 Å². The number of amides is 1. The number of hydrogen-bond acceptors (Lipinski definition) is 5. The first-order valence-corrected chi connectivity index (χ1v) is 14.4. The Morgan fingerprint density at radius 3 is 2.60 bits per heavy atom. The summed E-state index contributed by atoms with van der Waals surface area (Å²) >= 11 is 0. The van der Waals surface area contributed by atoms with E-state index in [9.17, 15) is 15.1 Å². The van der Waals surface area contributed by atoms with Crippen molar-refractivity contribution in [2.24, 2.45) is 51.5 Å². The lowest BCUT2D eigenvalue weighted by atomic mass is 9.43. The zero-order valence-electron chi connectivity index (χ0n) is 22.4. The van der Waals surface area contributed by atoms with Crippen LogP contribution in [0.5, 0.6) is 0 Å². The van der Waals surface area contributed by atoms with Gasteiger partial charge >= 0.3 is 0 Å². The molecule has 6 nitrogen and oxygen atoms in total. The number of carbonyl (C=O) groups excluding carboxylic acids is 1. The number of carbonyl (C=O) groups is 1. The first-order chi connectivity index (χ1) is 16.7. The zero-order valence-corrected chi connectivity index (χ0v) is 22.4. The lowest BCUT2D eigenvalue weighted by Gasteiger charge is -2.62. The number of fused-ring (bicyclic) bond motifs is 5. The summed E-state index contributed by atoms with van der Waals surface area (Å²) < 4.78 is 6.21. The predicted octanol–water partition coefficient (Wildman–Crippen LogP) is 5.11. The highest BCUT2D eigenvalue weighted by Gasteiger charge is 2.65. The molecule has 1 aliphatic heterocycles. The minimum Gasteiger partial charge on any atom is -0.411 e. The second kappa shape index (κ2) is 9.63. The van der Waals surface area contributed by atoms with Crippen molar-refractivity contribution in [1.82, 2.24) is 4.90 Å². The van der Waals surface area contributed by atoms with Crippen LogP contribution in [0.25, 0.3) is 0 Å². The maximum absolute atomic E-state index is 12.7. The Balaban J connectivity index is 1.38. The van der Waals surface area contributed by atoms with Crippen molar-refractivity contribution in [2.45, 2.75) is 104 Å². The van der Waals surface area contributed by atoms with Crippen LogP contribution in [0.1, 0.15) is 91.4 Å². The fourth-order valence-corrected chi connectivity index (χ4v) is 9.93. The van der Waals surface area contributed by atoms with Crippen molar-refractivity contribution in [3.63, 3.8) is 0 Å². The third-order valence-electron chi connectivity index (χ3n) is 12.0. The number of nitrogens with zero attached hydrogens (tertiary/aromatic N) is 2. The van der Waals surface area contributed by atoms with E-state index in [1.54, 1.807) is 0 Å². The maximum atomic E-state index is 12.7. The van der Waals surface area contributed by atoms with E-state index in [1.807, 2.05) is 12.0 Å². The highest BCUT2D eigenvalue weighted by atomic mass is 16.5. The molecular weight excluding hydrogens is 440 g/mol. The maximum Gasteiger partial charge on any atom is 0.222 e. The number of likely N-dealkylation sites (tertiary alicyclic amines) is 1. The van der Waals surface area contributed by atoms with Gasteiger partial charge in [-0.15, -0.1) is 0 Å². The molecular formula is C29H48N2O4. The first kappa shape index (κ1) is 25.5. The SMILES string of the molecule is CO[C@@H]1C[C@@H]2C[C@H](O)CC[C@]2(C)[C@H]2C/C(=N\O)[C@]3(C)[C@@H]([C@H](C)CCC(=O)N4CCCC4)CC[C@H]3[C@H]12. The molecule has 0 unspecified atom stereocenters. The molecule has 198 valence electrons. The van der Waals surface area contributed by atoms with Crippen LogP contribution in [0.4, 0.5) is 0 Å². The van der Waals surface area contributed by atoms with Crippen molar-refractivity contribution >= 4 is 11.6 Å². The average molecular weight is 489 g/mol. The van der Waals surface area contributed by atoms with Crippen LogP contribution in [0.2, 0.25) is 0 Å². The van der Waals surface area contributed by atoms with E-state index in [4.69, 9.17) is 4.74 Å². The van der Waals surface area contributed by atoms with E-state index < -0.39 is 0 Å². The monoisotopic (exact) mass is 488 g/mol. The lowest BCUT2D eigenvalue weighted by Crippen LogP contribution is -2.61. The lowest BCUT2D eigenvalue weighted by molar-refractivity contribution is -0.159. The molecule has 1 amide bonds. The number of methoxy groups -OCH3 is 1. The summed E-state index contributed by atoms with van der Waals surface area (Å²) in [6, 6.07) is 0. The summed E-state index contributed by atoms with van der Waals surface area (Å²) in [5.41, 5.74) is 1.02. The van der Waals surface area contributed by atoms with Gasteiger partial charge in [-0.2, -0.15) is 0 Å². The molecule has 0 aromatic carbocycles. The van der Waals surface area contributed by atoms with Crippen LogP contribution >= 0.6 is 0 Å². The molecule has 0 radical (unpaired) electrons. The third-order valence-corrected chi connectivity index (χ3v) is 12.0. The van der Waals surface area contributed by atoms with E-state index in [-0.39, 0.29) is 23.0 Å². The van der Waals surface area contributed by atoms with Gasteiger partial charge in [-0.25, -0.2) is 0 Å². The normalized spacial score (nSPS) is 47.3. The summed E-state index contributed by atoms with van der Waals surface area (Å²) in [5, 5.41) is 24.8. The topological polar surface area (TPSA) is 82.4 Å². The van der Waals surface area contributed by atoms with Gasteiger partial charge in [0.05, 0.1) is 17.9 Å². The Bertz CT molecular complexity index is 825. The van der Waals surface area contributed by atoms with Gasteiger partial charge in [-0.05, 0) is 105 Å². The molecule has 6 heteroatoms. The van der Waals surface area contributed by atoms with E-state index in [2.05, 4.69) is 25.9 Å². The fraction of sp³-hybridized carbons (Fsp3) is 0.931. The second-order valence-corrected chi connectivity index (χ2v) is 13.3. The number of ether oxygens (including phenoxy) is 1. The molecule has 1 saturated heterocycles. The minimum absolute atomic E-state index is 0.139. The Morgan fingerprint density at radius 1 is 1.17 bits per heavy atom. The number of hydrogen-bond donors (Lipinski definition) is 2.